The maximum atomic E-state index is 12.8. The van der Waals surface area contributed by atoms with E-state index in [2.05, 4.69) is 27.9 Å². The first kappa shape index (κ1) is 19.3. The van der Waals surface area contributed by atoms with Crippen molar-refractivity contribution in [1.82, 2.24) is 4.31 Å². The van der Waals surface area contributed by atoms with Crippen LogP contribution in [0.25, 0.3) is 0 Å². The van der Waals surface area contributed by atoms with Gasteiger partial charge in [-0.05, 0) is 84.3 Å². The molecule has 2 aromatic rings. The van der Waals surface area contributed by atoms with Crippen LogP contribution >= 0.6 is 22.6 Å². The van der Waals surface area contributed by atoms with Crippen LogP contribution in [-0.4, -0.2) is 31.7 Å². The number of piperidine rings is 1. The van der Waals surface area contributed by atoms with Crippen LogP contribution in [0, 0.1) is 10.5 Å². The number of aryl methyl sites for hydroxylation is 1. The van der Waals surface area contributed by atoms with E-state index >= 15 is 0 Å². The summed E-state index contributed by atoms with van der Waals surface area (Å²) in [5.74, 6) is -0.315. The number of nitrogens with one attached hydrogen (secondary N) is 1. The van der Waals surface area contributed by atoms with E-state index in [1.165, 1.54) is 10.4 Å². The summed E-state index contributed by atoms with van der Waals surface area (Å²) in [4.78, 5) is 12.8. The van der Waals surface area contributed by atoms with E-state index in [1.807, 2.05) is 25.1 Å². The molecule has 3 rings (SSSR count). The summed E-state index contributed by atoms with van der Waals surface area (Å²) in [6.45, 7) is 3.01. The van der Waals surface area contributed by atoms with Crippen molar-refractivity contribution in [3.05, 3.63) is 57.2 Å². The molecule has 5 nitrogen and oxygen atoms in total. The largest absolute Gasteiger partial charge is 0.322 e. The maximum absolute atomic E-state index is 12.8. The number of halogens is 1. The summed E-state index contributed by atoms with van der Waals surface area (Å²) >= 11 is 2.22. The van der Waals surface area contributed by atoms with Crippen LogP contribution in [-0.2, 0) is 10.0 Å². The second-order valence-electron chi connectivity index (χ2n) is 6.41. The standard InChI is InChI=1S/C19H21IN2O3S/c1-14-12-16(20)8-9-18(14)21-19(23)15-6-5-7-17(13-15)26(24,25)22-10-3-2-4-11-22/h5-9,12-13H,2-4,10-11H2,1H3,(H,21,23). The van der Waals surface area contributed by atoms with Gasteiger partial charge in [0.05, 0.1) is 4.90 Å². The molecule has 7 heteroatoms. The van der Waals surface area contributed by atoms with Gasteiger partial charge in [0.1, 0.15) is 0 Å². The number of benzene rings is 2. The number of rotatable bonds is 4. The van der Waals surface area contributed by atoms with Crippen LogP contribution in [0.15, 0.2) is 47.4 Å². The normalized spacial score (nSPS) is 15.6. The van der Waals surface area contributed by atoms with Gasteiger partial charge in [0.2, 0.25) is 10.0 Å². The molecule has 1 amide bonds. The Labute approximate surface area is 168 Å². The average Bonchev–Trinajstić information content (AvgIpc) is 2.65. The van der Waals surface area contributed by atoms with E-state index in [4.69, 9.17) is 0 Å². The molecule has 0 bridgehead atoms. The number of hydrogen-bond donors (Lipinski definition) is 1. The number of anilines is 1. The minimum absolute atomic E-state index is 0.173. The lowest BCUT2D eigenvalue weighted by Crippen LogP contribution is -2.35. The van der Waals surface area contributed by atoms with Crippen molar-refractivity contribution in [3.63, 3.8) is 0 Å². The molecule has 0 unspecified atom stereocenters. The topological polar surface area (TPSA) is 66.5 Å². The van der Waals surface area contributed by atoms with Crippen molar-refractivity contribution in [3.8, 4) is 0 Å². The third-order valence-electron chi connectivity index (χ3n) is 4.49. The fourth-order valence-electron chi connectivity index (χ4n) is 3.01. The first-order chi connectivity index (χ1) is 12.4. The van der Waals surface area contributed by atoms with Crippen LogP contribution in [0.5, 0.6) is 0 Å². The quantitative estimate of drug-likeness (QED) is 0.667. The minimum Gasteiger partial charge on any atom is -0.322 e. The third-order valence-corrected chi connectivity index (χ3v) is 7.05. The Morgan fingerprint density at radius 2 is 1.81 bits per heavy atom. The first-order valence-corrected chi connectivity index (χ1v) is 11.1. The predicted octanol–water partition coefficient (Wildman–Crippen LogP) is 4.03. The molecule has 1 aliphatic rings. The van der Waals surface area contributed by atoms with Crippen molar-refractivity contribution >= 4 is 44.2 Å². The average molecular weight is 484 g/mol. The fourth-order valence-corrected chi connectivity index (χ4v) is 5.22. The second-order valence-corrected chi connectivity index (χ2v) is 9.59. The van der Waals surface area contributed by atoms with E-state index in [0.29, 0.717) is 18.7 Å². The van der Waals surface area contributed by atoms with Gasteiger partial charge in [0.25, 0.3) is 5.91 Å². The van der Waals surface area contributed by atoms with E-state index < -0.39 is 10.0 Å². The predicted molar refractivity (Wildman–Crippen MR) is 111 cm³/mol. The number of carbonyl (C=O) groups is 1. The summed E-state index contributed by atoms with van der Waals surface area (Å²) in [5.41, 5.74) is 2.02. The molecule has 1 heterocycles. The highest BCUT2D eigenvalue weighted by atomic mass is 127. The molecule has 0 spiro atoms. The molecule has 0 saturated carbocycles. The minimum atomic E-state index is -3.55. The monoisotopic (exact) mass is 484 g/mol. The number of nitrogens with zero attached hydrogens (tertiary/aromatic N) is 1. The molecule has 26 heavy (non-hydrogen) atoms. The SMILES string of the molecule is Cc1cc(I)ccc1NC(=O)c1cccc(S(=O)(=O)N2CCCCC2)c1. The van der Waals surface area contributed by atoms with Gasteiger partial charge in [0.15, 0.2) is 0 Å². The van der Waals surface area contributed by atoms with E-state index in [0.717, 1.165) is 34.1 Å². The van der Waals surface area contributed by atoms with Gasteiger partial charge in [0, 0.05) is 27.9 Å². The molecule has 0 atom stereocenters. The number of hydrogen-bond acceptors (Lipinski definition) is 3. The highest BCUT2D eigenvalue weighted by Gasteiger charge is 2.26. The molecule has 0 aliphatic carbocycles. The van der Waals surface area contributed by atoms with Crippen molar-refractivity contribution < 1.29 is 13.2 Å². The zero-order chi connectivity index (χ0) is 18.7. The van der Waals surface area contributed by atoms with Crippen molar-refractivity contribution in [2.75, 3.05) is 18.4 Å². The van der Waals surface area contributed by atoms with Crippen molar-refractivity contribution in [2.45, 2.75) is 31.1 Å². The number of sulfonamides is 1. The Hall–Kier alpha value is -1.45. The van der Waals surface area contributed by atoms with Crippen molar-refractivity contribution in [2.24, 2.45) is 0 Å². The van der Waals surface area contributed by atoms with E-state index in [-0.39, 0.29) is 10.8 Å². The van der Waals surface area contributed by atoms with Crippen LogP contribution in [0.3, 0.4) is 0 Å². The van der Waals surface area contributed by atoms with Gasteiger partial charge in [-0.3, -0.25) is 4.79 Å². The summed E-state index contributed by atoms with van der Waals surface area (Å²) in [6.07, 6.45) is 2.82. The molecule has 0 radical (unpaired) electrons. The molecule has 138 valence electrons. The van der Waals surface area contributed by atoms with Crippen LogP contribution in [0.1, 0.15) is 35.2 Å². The zero-order valence-electron chi connectivity index (χ0n) is 14.5. The maximum Gasteiger partial charge on any atom is 0.255 e. The lowest BCUT2D eigenvalue weighted by atomic mass is 10.1. The molecule has 1 N–H and O–H groups in total. The highest BCUT2D eigenvalue weighted by molar-refractivity contribution is 14.1. The number of carbonyl (C=O) groups excluding carboxylic acids is 1. The van der Waals surface area contributed by atoms with Gasteiger partial charge in [-0.25, -0.2) is 8.42 Å². The Morgan fingerprint density at radius 1 is 1.08 bits per heavy atom. The Balaban J connectivity index is 1.83. The molecule has 0 aromatic heterocycles. The summed E-state index contributed by atoms with van der Waals surface area (Å²) in [6, 6.07) is 12.0. The zero-order valence-corrected chi connectivity index (χ0v) is 17.5. The molecule has 1 aliphatic heterocycles. The highest BCUT2D eigenvalue weighted by Crippen LogP contribution is 2.23. The summed E-state index contributed by atoms with van der Waals surface area (Å²) in [7, 11) is -3.55. The Morgan fingerprint density at radius 3 is 2.50 bits per heavy atom. The van der Waals surface area contributed by atoms with E-state index in [9.17, 15) is 13.2 Å². The first-order valence-electron chi connectivity index (χ1n) is 8.55. The molecule has 1 saturated heterocycles. The van der Waals surface area contributed by atoms with Crippen molar-refractivity contribution in [1.29, 1.82) is 0 Å². The smallest absolute Gasteiger partial charge is 0.255 e. The fraction of sp³-hybridized carbons (Fsp3) is 0.316. The van der Waals surface area contributed by atoms with Gasteiger partial charge < -0.3 is 5.32 Å². The second kappa shape index (κ2) is 8.06. The summed E-state index contributed by atoms with van der Waals surface area (Å²) < 4.78 is 28.2. The number of amides is 1. The lowest BCUT2D eigenvalue weighted by molar-refractivity contribution is 0.102. The van der Waals surface area contributed by atoms with E-state index in [1.54, 1.807) is 18.2 Å². The van der Waals surface area contributed by atoms with Crippen LogP contribution in [0.4, 0.5) is 5.69 Å². The summed E-state index contributed by atoms with van der Waals surface area (Å²) in [5, 5.41) is 2.86. The van der Waals surface area contributed by atoms with Gasteiger partial charge in [-0.2, -0.15) is 4.31 Å². The molecule has 1 fully saturated rings. The van der Waals surface area contributed by atoms with Gasteiger partial charge >= 0.3 is 0 Å². The lowest BCUT2D eigenvalue weighted by Gasteiger charge is -2.26. The van der Waals surface area contributed by atoms with Gasteiger partial charge in [-0.1, -0.05) is 12.5 Å². The Kier molecular flexibility index (Phi) is 5.99. The molecular weight excluding hydrogens is 463 g/mol. The molecular formula is C19H21IN2O3S. The Bertz CT molecular complexity index is 922. The molecule has 2 aromatic carbocycles. The third kappa shape index (κ3) is 4.27. The van der Waals surface area contributed by atoms with Crippen LogP contribution in [0.2, 0.25) is 0 Å². The van der Waals surface area contributed by atoms with Gasteiger partial charge in [-0.15, -0.1) is 0 Å². The van der Waals surface area contributed by atoms with Crippen LogP contribution < -0.4 is 5.32 Å².